The number of carbonyl (C=O) groups is 2. The minimum absolute atomic E-state index is 0.192. The predicted octanol–water partition coefficient (Wildman–Crippen LogP) is 0.144. The molecule has 8 heteroatoms. The van der Waals surface area contributed by atoms with Gasteiger partial charge in [0.05, 0.1) is 24.3 Å². The van der Waals surface area contributed by atoms with Crippen LogP contribution in [0, 0.1) is 0 Å². The molecule has 0 amide bonds. The molecule has 4 N–H and O–H groups in total. The van der Waals surface area contributed by atoms with Gasteiger partial charge in [0.2, 0.25) is 0 Å². The highest BCUT2D eigenvalue weighted by Gasteiger charge is 2.36. The maximum Gasteiger partial charge on any atom is 0.338 e. The van der Waals surface area contributed by atoms with E-state index < -0.39 is 49.6 Å². The zero-order chi connectivity index (χ0) is 20.5. The standard InChI is InChI=1S/C20H22O8/c21-11-15(27-19(25)13-7-3-1-4-8-13)17(23)18(24)16(12-22)28-20(26)14-9-5-2-6-10-14/h1-10,15-18,21-24H,11-12H2/t15-,16+,17-,18-/m1/s1. The highest BCUT2D eigenvalue weighted by atomic mass is 16.6. The van der Waals surface area contributed by atoms with Crippen LogP contribution in [0.4, 0.5) is 0 Å². The number of esters is 2. The molecule has 0 aromatic heterocycles. The lowest BCUT2D eigenvalue weighted by Gasteiger charge is -2.29. The molecular weight excluding hydrogens is 368 g/mol. The summed E-state index contributed by atoms with van der Waals surface area (Å²) in [5.41, 5.74) is 0.383. The molecule has 2 rings (SSSR count). The summed E-state index contributed by atoms with van der Waals surface area (Å²) in [6.45, 7) is -1.58. The summed E-state index contributed by atoms with van der Waals surface area (Å²) in [4.78, 5) is 24.2. The molecule has 28 heavy (non-hydrogen) atoms. The molecule has 2 aromatic carbocycles. The molecule has 0 unspecified atom stereocenters. The first-order valence-corrected chi connectivity index (χ1v) is 8.57. The number of aliphatic hydroxyl groups is 4. The average Bonchev–Trinajstić information content (AvgIpc) is 2.75. The Kier molecular flexibility index (Phi) is 8.09. The van der Waals surface area contributed by atoms with Crippen molar-refractivity contribution < 1.29 is 39.5 Å². The van der Waals surface area contributed by atoms with Gasteiger partial charge in [0, 0.05) is 0 Å². The lowest BCUT2D eigenvalue weighted by molar-refractivity contribution is -0.129. The number of ether oxygens (including phenoxy) is 2. The minimum atomic E-state index is -1.81. The average molecular weight is 390 g/mol. The van der Waals surface area contributed by atoms with Crippen molar-refractivity contribution >= 4 is 11.9 Å². The zero-order valence-electron chi connectivity index (χ0n) is 14.9. The van der Waals surface area contributed by atoms with Gasteiger partial charge < -0.3 is 29.9 Å². The van der Waals surface area contributed by atoms with E-state index in [1.807, 2.05) is 0 Å². The van der Waals surface area contributed by atoms with Gasteiger partial charge in [-0.25, -0.2) is 9.59 Å². The first-order valence-electron chi connectivity index (χ1n) is 8.57. The third-order valence-electron chi connectivity index (χ3n) is 4.01. The van der Waals surface area contributed by atoms with Crippen LogP contribution in [0.3, 0.4) is 0 Å². The van der Waals surface area contributed by atoms with Gasteiger partial charge in [0.1, 0.15) is 12.2 Å². The van der Waals surface area contributed by atoms with E-state index in [2.05, 4.69) is 0 Å². The molecule has 2 aromatic rings. The first-order chi connectivity index (χ1) is 13.5. The molecule has 0 aliphatic rings. The Labute approximate surface area is 161 Å². The largest absolute Gasteiger partial charge is 0.453 e. The van der Waals surface area contributed by atoms with Crippen molar-refractivity contribution in [3.05, 3.63) is 71.8 Å². The maximum absolute atomic E-state index is 12.1. The van der Waals surface area contributed by atoms with Crippen molar-refractivity contribution in [2.24, 2.45) is 0 Å². The molecule has 150 valence electrons. The van der Waals surface area contributed by atoms with Gasteiger partial charge >= 0.3 is 11.9 Å². The van der Waals surface area contributed by atoms with E-state index in [0.29, 0.717) is 0 Å². The number of hydrogen-bond donors (Lipinski definition) is 4. The predicted molar refractivity (Wildman–Crippen MR) is 97.5 cm³/mol. The smallest absolute Gasteiger partial charge is 0.338 e. The van der Waals surface area contributed by atoms with Gasteiger partial charge in [0.25, 0.3) is 0 Å². The maximum atomic E-state index is 12.1. The second-order valence-corrected chi connectivity index (χ2v) is 5.97. The van der Waals surface area contributed by atoms with Crippen molar-refractivity contribution in [2.45, 2.75) is 24.4 Å². The van der Waals surface area contributed by atoms with E-state index in [9.17, 15) is 30.0 Å². The third-order valence-corrected chi connectivity index (χ3v) is 4.01. The molecule has 4 atom stereocenters. The molecule has 0 saturated heterocycles. The molecule has 0 aliphatic carbocycles. The Balaban J connectivity index is 2.03. The second kappa shape index (κ2) is 10.5. The molecule has 0 heterocycles. The van der Waals surface area contributed by atoms with Gasteiger partial charge in [-0.15, -0.1) is 0 Å². The Morgan fingerprint density at radius 3 is 1.29 bits per heavy atom. The van der Waals surface area contributed by atoms with E-state index in [1.54, 1.807) is 36.4 Å². The number of hydrogen-bond acceptors (Lipinski definition) is 8. The van der Waals surface area contributed by atoms with E-state index in [4.69, 9.17) is 9.47 Å². The normalized spacial score (nSPS) is 15.1. The van der Waals surface area contributed by atoms with E-state index >= 15 is 0 Å². The van der Waals surface area contributed by atoms with Crippen LogP contribution in [0.25, 0.3) is 0 Å². The fourth-order valence-corrected chi connectivity index (χ4v) is 2.43. The highest BCUT2D eigenvalue weighted by Crippen LogP contribution is 2.15. The van der Waals surface area contributed by atoms with Crippen LogP contribution in [0.15, 0.2) is 60.7 Å². The van der Waals surface area contributed by atoms with Crippen LogP contribution in [0.2, 0.25) is 0 Å². The van der Waals surface area contributed by atoms with Crippen LogP contribution in [0.1, 0.15) is 20.7 Å². The van der Waals surface area contributed by atoms with Crippen LogP contribution < -0.4 is 0 Å². The number of aliphatic hydroxyl groups excluding tert-OH is 4. The fraction of sp³-hybridized carbons (Fsp3) is 0.300. The van der Waals surface area contributed by atoms with Gasteiger partial charge in [-0.3, -0.25) is 0 Å². The van der Waals surface area contributed by atoms with Crippen molar-refractivity contribution in [3.8, 4) is 0 Å². The summed E-state index contributed by atoms with van der Waals surface area (Å²) in [5.74, 6) is -1.62. The summed E-state index contributed by atoms with van der Waals surface area (Å²) in [7, 11) is 0. The highest BCUT2D eigenvalue weighted by molar-refractivity contribution is 5.90. The van der Waals surface area contributed by atoms with E-state index in [0.717, 1.165) is 0 Å². The first kappa shape index (κ1) is 21.5. The lowest BCUT2D eigenvalue weighted by Crippen LogP contribution is -2.50. The topological polar surface area (TPSA) is 134 Å². The Morgan fingerprint density at radius 2 is 1.00 bits per heavy atom. The molecule has 8 nitrogen and oxygen atoms in total. The molecule has 0 radical (unpaired) electrons. The Bertz CT molecular complexity index is 684. The number of rotatable bonds is 9. The Hall–Kier alpha value is -2.78. The number of carbonyl (C=O) groups excluding carboxylic acids is 2. The van der Waals surface area contributed by atoms with Crippen molar-refractivity contribution in [2.75, 3.05) is 13.2 Å². The molecule has 0 spiro atoms. The summed E-state index contributed by atoms with van der Waals surface area (Å²) in [6, 6.07) is 15.8. The van der Waals surface area contributed by atoms with E-state index in [1.165, 1.54) is 24.3 Å². The monoisotopic (exact) mass is 390 g/mol. The van der Waals surface area contributed by atoms with Crippen LogP contribution >= 0.6 is 0 Å². The van der Waals surface area contributed by atoms with Crippen LogP contribution in [-0.4, -0.2) is 70.0 Å². The summed E-state index contributed by atoms with van der Waals surface area (Å²) in [6.07, 6.45) is -6.60. The van der Waals surface area contributed by atoms with Gasteiger partial charge in [-0.2, -0.15) is 0 Å². The fourth-order valence-electron chi connectivity index (χ4n) is 2.43. The van der Waals surface area contributed by atoms with Crippen LogP contribution in [0.5, 0.6) is 0 Å². The molecule has 0 aliphatic heterocycles. The summed E-state index contributed by atoms with van der Waals surface area (Å²) in [5, 5.41) is 39.4. The number of benzene rings is 2. The SMILES string of the molecule is O=C(O[C@@H](CO)[C@@H](O)[C@H](O)[C@@H](CO)OC(=O)c1ccccc1)c1ccccc1. The van der Waals surface area contributed by atoms with Crippen molar-refractivity contribution in [1.82, 2.24) is 0 Å². The third kappa shape index (κ3) is 5.61. The minimum Gasteiger partial charge on any atom is -0.453 e. The van der Waals surface area contributed by atoms with Crippen LogP contribution in [-0.2, 0) is 9.47 Å². The van der Waals surface area contributed by atoms with Crippen molar-refractivity contribution in [1.29, 1.82) is 0 Å². The second-order valence-electron chi connectivity index (χ2n) is 5.97. The lowest BCUT2D eigenvalue weighted by atomic mass is 10.0. The quantitative estimate of drug-likeness (QED) is 0.445. The zero-order valence-corrected chi connectivity index (χ0v) is 14.9. The Morgan fingerprint density at radius 1 is 0.679 bits per heavy atom. The summed E-state index contributed by atoms with van der Waals surface area (Å²) >= 11 is 0. The molecule has 0 fully saturated rings. The van der Waals surface area contributed by atoms with Gasteiger partial charge in [-0.1, -0.05) is 36.4 Å². The molecular formula is C20H22O8. The van der Waals surface area contributed by atoms with Gasteiger partial charge in [-0.05, 0) is 24.3 Å². The molecule has 0 bridgehead atoms. The molecule has 0 saturated carbocycles. The van der Waals surface area contributed by atoms with Crippen molar-refractivity contribution in [3.63, 3.8) is 0 Å². The van der Waals surface area contributed by atoms with E-state index in [-0.39, 0.29) is 11.1 Å². The summed E-state index contributed by atoms with van der Waals surface area (Å²) < 4.78 is 10.1. The van der Waals surface area contributed by atoms with Gasteiger partial charge in [0.15, 0.2) is 12.2 Å².